The van der Waals surface area contributed by atoms with E-state index < -0.39 is 0 Å². The molecule has 0 heterocycles. The second-order valence-corrected chi connectivity index (χ2v) is 3.44. The average molecular weight is 186 g/mol. The maximum absolute atomic E-state index is 11.2. The fraction of sp³-hybridized carbons (Fsp3) is 0.909. The molecule has 0 saturated carbocycles. The minimum Gasteiger partial charge on any atom is -0.462 e. The SMILES string of the molecule is CCCC(=O)OC(CCC)CCC. The van der Waals surface area contributed by atoms with E-state index in [9.17, 15) is 4.79 Å². The molecule has 0 aromatic heterocycles. The van der Waals surface area contributed by atoms with Gasteiger partial charge in [0.05, 0.1) is 0 Å². The van der Waals surface area contributed by atoms with Gasteiger partial charge in [0, 0.05) is 6.42 Å². The first-order valence-electron chi connectivity index (χ1n) is 5.44. The molecular weight excluding hydrogens is 164 g/mol. The summed E-state index contributed by atoms with van der Waals surface area (Å²) in [5.41, 5.74) is 0. The second-order valence-electron chi connectivity index (χ2n) is 3.44. The molecule has 0 rings (SSSR count). The van der Waals surface area contributed by atoms with E-state index in [1.54, 1.807) is 0 Å². The van der Waals surface area contributed by atoms with Crippen LogP contribution in [0, 0.1) is 0 Å². The Balaban J connectivity index is 3.71. The second kappa shape index (κ2) is 8.09. The van der Waals surface area contributed by atoms with Crippen LogP contribution in [0.25, 0.3) is 0 Å². The number of esters is 1. The van der Waals surface area contributed by atoms with Crippen LogP contribution in [0.1, 0.15) is 59.3 Å². The topological polar surface area (TPSA) is 26.3 Å². The highest BCUT2D eigenvalue weighted by atomic mass is 16.5. The molecule has 0 fully saturated rings. The zero-order chi connectivity index (χ0) is 10.1. The van der Waals surface area contributed by atoms with Gasteiger partial charge in [0.1, 0.15) is 6.10 Å². The van der Waals surface area contributed by atoms with E-state index in [2.05, 4.69) is 13.8 Å². The summed E-state index contributed by atoms with van der Waals surface area (Å²) in [6.45, 7) is 6.24. The quantitative estimate of drug-likeness (QED) is 0.570. The molecule has 0 aliphatic carbocycles. The standard InChI is InChI=1S/C11H22O2/c1-4-7-10(8-5-2)13-11(12)9-6-3/h10H,4-9H2,1-3H3. The molecular formula is C11H22O2. The van der Waals surface area contributed by atoms with Gasteiger partial charge < -0.3 is 4.74 Å². The Morgan fingerprint density at radius 1 is 1.08 bits per heavy atom. The van der Waals surface area contributed by atoms with Crippen LogP contribution in [0.15, 0.2) is 0 Å². The number of carbonyl (C=O) groups excluding carboxylic acids is 1. The molecule has 0 aliphatic heterocycles. The van der Waals surface area contributed by atoms with Gasteiger partial charge in [-0.2, -0.15) is 0 Å². The normalized spacial score (nSPS) is 10.5. The van der Waals surface area contributed by atoms with Crippen molar-refractivity contribution in [2.45, 2.75) is 65.4 Å². The number of rotatable bonds is 7. The number of hydrogen-bond acceptors (Lipinski definition) is 2. The molecule has 0 radical (unpaired) electrons. The minimum atomic E-state index is -0.0330. The molecule has 0 unspecified atom stereocenters. The van der Waals surface area contributed by atoms with Crippen molar-refractivity contribution in [2.24, 2.45) is 0 Å². The van der Waals surface area contributed by atoms with E-state index in [-0.39, 0.29) is 12.1 Å². The molecule has 0 aromatic carbocycles. The van der Waals surface area contributed by atoms with E-state index in [0.29, 0.717) is 6.42 Å². The summed E-state index contributed by atoms with van der Waals surface area (Å²) in [5.74, 6) is -0.0330. The van der Waals surface area contributed by atoms with Crippen LogP contribution >= 0.6 is 0 Å². The third-order valence-corrected chi connectivity index (χ3v) is 1.97. The van der Waals surface area contributed by atoms with E-state index in [1.165, 1.54) is 0 Å². The molecule has 0 saturated heterocycles. The summed E-state index contributed by atoms with van der Waals surface area (Å²) in [6.07, 6.45) is 5.78. The Hall–Kier alpha value is -0.530. The van der Waals surface area contributed by atoms with Crippen LogP contribution < -0.4 is 0 Å². The van der Waals surface area contributed by atoms with Gasteiger partial charge in [-0.15, -0.1) is 0 Å². The lowest BCUT2D eigenvalue weighted by Gasteiger charge is -2.15. The van der Waals surface area contributed by atoms with Crippen molar-refractivity contribution >= 4 is 5.97 Å². The van der Waals surface area contributed by atoms with Crippen molar-refractivity contribution in [3.8, 4) is 0 Å². The molecule has 0 N–H and O–H groups in total. The van der Waals surface area contributed by atoms with Crippen LogP contribution in [0.4, 0.5) is 0 Å². The maximum atomic E-state index is 11.2. The molecule has 0 spiro atoms. The van der Waals surface area contributed by atoms with Gasteiger partial charge >= 0.3 is 5.97 Å². The predicted molar refractivity (Wildman–Crippen MR) is 54.6 cm³/mol. The maximum Gasteiger partial charge on any atom is 0.306 e. The first-order chi connectivity index (χ1) is 6.24. The van der Waals surface area contributed by atoms with Gasteiger partial charge in [0.2, 0.25) is 0 Å². The molecule has 0 aliphatic rings. The summed E-state index contributed by atoms with van der Waals surface area (Å²) in [5, 5.41) is 0. The molecule has 0 atom stereocenters. The smallest absolute Gasteiger partial charge is 0.306 e. The van der Waals surface area contributed by atoms with Crippen molar-refractivity contribution < 1.29 is 9.53 Å². The lowest BCUT2D eigenvalue weighted by atomic mass is 10.1. The van der Waals surface area contributed by atoms with Gasteiger partial charge in [-0.1, -0.05) is 33.6 Å². The van der Waals surface area contributed by atoms with Gasteiger partial charge in [0.25, 0.3) is 0 Å². The number of hydrogen-bond donors (Lipinski definition) is 0. The molecule has 2 nitrogen and oxygen atoms in total. The monoisotopic (exact) mass is 186 g/mol. The van der Waals surface area contributed by atoms with E-state index in [0.717, 1.165) is 32.1 Å². The third-order valence-electron chi connectivity index (χ3n) is 1.97. The summed E-state index contributed by atoms with van der Waals surface area (Å²) in [6, 6.07) is 0. The summed E-state index contributed by atoms with van der Waals surface area (Å²) in [4.78, 5) is 11.2. The Labute approximate surface area is 81.7 Å². The van der Waals surface area contributed by atoms with Crippen LogP contribution in [0.2, 0.25) is 0 Å². The Kier molecular flexibility index (Phi) is 7.76. The van der Waals surface area contributed by atoms with Gasteiger partial charge in [-0.3, -0.25) is 4.79 Å². The van der Waals surface area contributed by atoms with Gasteiger partial charge in [-0.05, 0) is 19.3 Å². The third kappa shape index (κ3) is 6.62. The van der Waals surface area contributed by atoms with Gasteiger partial charge in [-0.25, -0.2) is 0 Å². The number of ether oxygens (including phenoxy) is 1. The summed E-state index contributed by atoms with van der Waals surface area (Å²) >= 11 is 0. The highest BCUT2D eigenvalue weighted by Gasteiger charge is 2.11. The van der Waals surface area contributed by atoms with Crippen molar-refractivity contribution in [2.75, 3.05) is 0 Å². The zero-order valence-electron chi connectivity index (χ0n) is 9.14. The summed E-state index contributed by atoms with van der Waals surface area (Å²) in [7, 11) is 0. The van der Waals surface area contributed by atoms with Crippen LogP contribution in [0.3, 0.4) is 0 Å². The highest BCUT2D eigenvalue weighted by Crippen LogP contribution is 2.10. The van der Waals surface area contributed by atoms with Crippen LogP contribution in [0.5, 0.6) is 0 Å². The fourth-order valence-electron chi connectivity index (χ4n) is 1.36. The first-order valence-corrected chi connectivity index (χ1v) is 5.44. The minimum absolute atomic E-state index is 0.0330. The van der Waals surface area contributed by atoms with Crippen molar-refractivity contribution in [3.63, 3.8) is 0 Å². The molecule has 0 amide bonds. The van der Waals surface area contributed by atoms with Crippen molar-refractivity contribution in [1.82, 2.24) is 0 Å². The van der Waals surface area contributed by atoms with Crippen molar-refractivity contribution in [1.29, 1.82) is 0 Å². The molecule has 13 heavy (non-hydrogen) atoms. The Morgan fingerprint density at radius 2 is 1.62 bits per heavy atom. The van der Waals surface area contributed by atoms with Crippen LogP contribution in [-0.4, -0.2) is 12.1 Å². The molecule has 0 aromatic rings. The lowest BCUT2D eigenvalue weighted by molar-refractivity contribution is -0.149. The van der Waals surface area contributed by atoms with E-state index >= 15 is 0 Å². The average Bonchev–Trinajstić information content (AvgIpc) is 2.05. The van der Waals surface area contributed by atoms with E-state index in [4.69, 9.17) is 4.74 Å². The fourth-order valence-corrected chi connectivity index (χ4v) is 1.36. The zero-order valence-corrected chi connectivity index (χ0v) is 9.14. The van der Waals surface area contributed by atoms with E-state index in [1.807, 2.05) is 6.92 Å². The molecule has 2 heteroatoms. The summed E-state index contributed by atoms with van der Waals surface area (Å²) < 4.78 is 5.33. The number of carbonyl (C=O) groups is 1. The molecule has 78 valence electrons. The van der Waals surface area contributed by atoms with Crippen molar-refractivity contribution in [3.05, 3.63) is 0 Å². The van der Waals surface area contributed by atoms with Crippen LogP contribution in [-0.2, 0) is 9.53 Å². The highest BCUT2D eigenvalue weighted by molar-refractivity contribution is 5.69. The predicted octanol–water partition coefficient (Wildman–Crippen LogP) is 3.30. The lowest BCUT2D eigenvalue weighted by Crippen LogP contribution is -2.17. The first kappa shape index (κ1) is 12.5. The molecule has 0 bridgehead atoms. The largest absolute Gasteiger partial charge is 0.462 e. The van der Waals surface area contributed by atoms with Gasteiger partial charge in [0.15, 0.2) is 0 Å². The Bertz CT molecular complexity index is 126. The Morgan fingerprint density at radius 3 is 2.00 bits per heavy atom.